The van der Waals surface area contributed by atoms with Gasteiger partial charge in [-0.25, -0.2) is 4.52 Å². The Morgan fingerprint density at radius 2 is 2.17 bits per heavy atom. The highest BCUT2D eigenvalue weighted by atomic mass is 16.3. The van der Waals surface area contributed by atoms with Crippen molar-refractivity contribution < 1.29 is 9.90 Å². The Morgan fingerprint density at radius 3 is 2.91 bits per heavy atom. The van der Waals surface area contributed by atoms with Crippen molar-refractivity contribution in [2.45, 2.75) is 12.8 Å². The van der Waals surface area contributed by atoms with Crippen molar-refractivity contribution in [3.63, 3.8) is 0 Å². The van der Waals surface area contributed by atoms with Crippen LogP contribution in [0.3, 0.4) is 0 Å². The van der Waals surface area contributed by atoms with Crippen LogP contribution in [0.5, 0.6) is 0 Å². The van der Waals surface area contributed by atoms with Crippen LogP contribution in [0.1, 0.15) is 23.2 Å². The van der Waals surface area contributed by atoms with Gasteiger partial charge in [0.15, 0.2) is 0 Å². The van der Waals surface area contributed by atoms with Gasteiger partial charge >= 0.3 is 0 Å². The standard InChI is InChI=1S/C16H16N4O3/c21-9-16(5-6-16)8-17-14(22)11-7-18-20-12-4-2-1-3-10(12)15(23)19-13(11)20/h1-4,7,21H,5-6,8-9H2,(H,17,22)(H,19,23). The van der Waals surface area contributed by atoms with Crippen LogP contribution in [-0.2, 0) is 0 Å². The molecule has 0 atom stereocenters. The number of rotatable bonds is 4. The molecule has 1 fully saturated rings. The molecule has 118 valence electrons. The number of nitrogens with zero attached hydrogens (tertiary/aromatic N) is 2. The zero-order valence-electron chi connectivity index (χ0n) is 12.4. The van der Waals surface area contributed by atoms with Crippen molar-refractivity contribution in [2.75, 3.05) is 13.2 Å². The van der Waals surface area contributed by atoms with Crippen molar-refractivity contribution in [1.29, 1.82) is 0 Å². The molecule has 7 heteroatoms. The molecule has 3 aromatic rings. The number of para-hydroxylation sites is 1. The highest BCUT2D eigenvalue weighted by Crippen LogP contribution is 2.44. The van der Waals surface area contributed by atoms with Gasteiger partial charge in [-0.3, -0.25) is 9.59 Å². The van der Waals surface area contributed by atoms with Crippen LogP contribution in [-0.4, -0.2) is 38.8 Å². The number of H-pyrrole nitrogens is 1. The Balaban J connectivity index is 1.73. The Kier molecular flexibility index (Phi) is 2.99. The SMILES string of the molecule is O=C(NCC1(CO)CC1)c1cnn2c1[nH]c(=O)c1ccccc12. The number of hydrogen-bond acceptors (Lipinski definition) is 4. The summed E-state index contributed by atoms with van der Waals surface area (Å²) in [6.45, 7) is 0.501. The van der Waals surface area contributed by atoms with E-state index in [0.717, 1.165) is 12.8 Å². The predicted molar refractivity (Wildman–Crippen MR) is 84.4 cm³/mol. The summed E-state index contributed by atoms with van der Waals surface area (Å²) >= 11 is 0. The molecular formula is C16H16N4O3. The molecule has 2 aromatic heterocycles. The van der Waals surface area contributed by atoms with E-state index in [1.54, 1.807) is 22.7 Å². The number of aromatic amines is 1. The number of aromatic nitrogens is 3. The number of aliphatic hydroxyl groups excluding tert-OH is 1. The molecule has 1 amide bonds. The van der Waals surface area contributed by atoms with Gasteiger partial charge in [-0.1, -0.05) is 12.1 Å². The van der Waals surface area contributed by atoms with Gasteiger partial charge < -0.3 is 15.4 Å². The second-order valence-electron chi connectivity index (χ2n) is 6.13. The van der Waals surface area contributed by atoms with Gasteiger partial charge in [0.05, 0.1) is 23.7 Å². The van der Waals surface area contributed by atoms with Crippen LogP contribution in [0, 0.1) is 5.41 Å². The summed E-state index contributed by atoms with van der Waals surface area (Å²) in [5.74, 6) is -0.300. The maximum absolute atomic E-state index is 12.4. The molecule has 2 heterocycles. The molecule has 0 aliphatic heterocycles. The van der Waals surface area contributed by atoms with E-state index in [-0.39, 0.29) is 23.5 Å². The molecule has 1 saturated carbocycles. The first-order chi connectivity index (χ1) is 11.1. The molecule has 0 radical (unpaired) electrons. The van der Waals surface area contributed by atoms with Gasteiger partial charge in [-0.15, -0.1) is 0 Å². The number of aliphatic hydroxyl groups is 1. The number of fused-ring (bicyclic) bond motifs is 3. The number of nitrogens with one attached hydrogen (secondary N) is 2. The fraction of sp³-hybridized carbons (Fsp3) is 0.312. The average molecular weight is 312 g/mol. The summed E-state index contributed by atoms with van der Waals surface area (Å²) in [5.41, 5.74) is 0.927. The van der Waals surface area contributed by atoms with Crippen molar-refractivity contribution in [2.24, 2.45) is 5.41 Å². The van der Waals surface area contributed by atoms with Crippen LogP contribution in [0.2, 0.25) is 0 Å². The van der Waals surface area contributed by atoms with Gasteiger partial charge in [-0.05, 0) is 25.0 Å². The Labute approximate surface area is 130 Å². The summed E-state index contributed by atoms with van der Waals surface area (Å²) in [4.78, 5) is 27.3. The topological polar surface area (TPSA) is 99.5 Å². The maximum Gasteiger partial charge on any atom is 0.259 e. The number of carbonyl (C=O) groups excluding carboxylic acids is 1. The minimum absolute atomic E-state index is 0.0729. The lowest BCUT2D eigenvalue weighted by atomic mass is 10.1. The molecule has 4 rings (SSSR count). The van der Waals surface area contributed by atoms with Crippen LogP contribution in [0.25, 0.3) is 16.6 Å². The van der Waals surface area contributed by atoms with Gasteiger partial charge in [0, 0.05) is 12.0 Å². The number of hydrogen-bond donors (Lipinski definition) is 3. The molecule has 0 unspecified atom stereocenters. The molecule has 1 aromatic carbocycles. The van der Waals surface area contributed by atoms with E-state index in [1.165, 1.54) is 6.20 Å². The molecule has 0 spiro atoms. The first-order valence-electron chi connectivity index (χ1n) is 7.51. The lowest BCUT2D eigenvalue weighted by Gasteiger charge is -2.12. The zero-order chi connectivity index (χ0) is 16.0. The highest BCUT2D eigenvalue weighted by molar-refractivity contribution is 6.00. The quantitative estimate of drug-likeness (QED) is 0.659. The summed E-state index contributed by atoms with van der Waals surface area (Å²) in [6.07, 6.45) is 3.28. The predicted octanol–water partition coefficient (Wildman–Crippen LogP) is 0.678. The van der Waals surface area contributed by atoms with Crippen molar-refractivity contribution in [3.05, 3.63) is 46.4 Å². The van der Waals surface area contributed by atoms with Gasteiger partial charge in [0.25, 0.3) is 11.5 Å². The number of amides is 1. The second-order valence-corrected chi connectivity index (χ2v) is 6.13. The third-order valence-corrected chi connectivity index (χ3v) is 4.54. The summed E-state index contributed by atoms with van der Waals surface area (Å²) < 4.78 is 1.56. The number of carbonyl (C=O) groups is 1. The maximum atomic E-state index is 12.4. The van der Waals surface area contributed by atoms with Crippen LogP contribution in [0.15, 0.2) is 35.3 Å². The fourth-order valence-corrected chi connectivity index (χ4v) is 2.77. The van der Waals surface area contributed by atoms with E-state index in [4.69, 9.17) is 0 Å². The smallest absolute Gasteiger partial charge is 0.259 e. The average Bonchev–Trinajstić information content (AvgIpc) is 3.24. The van der Waals surface area contributed by atoms with E-state index in [2.05, 4.69) is 15.4 Å². The van der Waals surface area contributed by atoms with Crippen molar-refractivity contribution >= 4 is 22.5 Å². The number of benzene rings is 1. The van der Waals surface area contributed by atoms with Gasteiger partial charge in [0.2, 0.25) is 0 Å². The minimum atomic E-state index is -0.300. The zero-order valence-corrected chi connectivity index (χ0v) is 12.4. The second kappa shape index (κ2) is 4.92. The summed E-state index contributed by atoms with van der Waals surface area (Å²) in [7, 11) is 0. The Morgan fingerprint density at radius 1 is 1.39 bits per heavy atom. The van der Waals surface area contributed by atoms with E-state index >= 15 is 0 Å². The molecule has 7 nitrogen and oxygen atoms in total. The molecule has 0 bridgehead atoms. The van der Waals surface area contributed by atoms with Crippen LogP contribution < -0.4 is 10.9 Å². The monoisotopic (exact) mass is 312 g/mol. The minimum Gasteiger partial charge on any atom is -0.396 e. The van der Waals surface area contributed by atoms with Crippen molar-refractivity contribution in [3.8, 4) is 0 Å². The van der Waals surface area contributed by atoms with E-state index < -0.39 is 0 Å². The molecule has 1 aliphatic rings. The first kappa shape index (κ1) is 14.0. The molecular weight excluding hydrogens is 296 g/mol. The summed E-state index contributed by atoms with van der Waals surface area (Å²) in [6, 6.07) is 7.11. The molecule has 3 N–H and O–H groups in total. The third-order valence-electron chi connectivity index (χ3n) is 4.54. The molecule has 23 heavy (non-hydrogen) atoms. The van der Waals surface area contributed by atoms with Gasteiger partial charge in [0.1, 0.15) is 11.2 Å². The van der Waals surface area contributed by atoms with Crippen molar-refractivity contribution in [1.82, 2.24) is 19.9 Å². The third kappa shape index (κ3) is 2.20. The summed E-state index contributed by atoms with van der Waals surface area (Å²) in [5, 5.41) is 16.9. The van der Waals surface area contributed by atoms with E-state index in [1.807, 2.05) is 6.07 Å². The lowest BCUT2D eigenvalue weighted by molar-refractivity contribution is 0.0936. The first-order valence-corrected chi connectivity index (χ1v) is 7.51. The van der Waals surface area contributed by atoms with Crippen LogP contribution in [0.4, 0.5) is 0 Å². The highest BCUT2D eigenvalue weighted by Gasteiger charge is 2.42. The fourth-order valence-electron chi connectivity index (χ4n) is 2.77. The molecule has 1 aliphatic carbocycles. The normalized spacial score (nSPS) is 15.9. The van der Waals surface area contributed by atoms with Crippen LogP contribution >= 0.6 is 0 Å². The molecule has 0 saturated heterocycles. The van der Waals surface area contributed by atoms with E-state index in [0.29, 0.717) is 28.7 Å². The van der Waals surface area contributed by atoms with Gasteiger partial charge in [-0.2, -0.15) is 5.10 Å². The lowest BCUT2D eigenvalue weighted by Crippen LogP contribution is -2.32. The Bertz CT molecular complexity index is 968. The van der Waals surface area contributed by atoms with E-state index in [9.17, 15) is 14.7 Å². The Hall–Kier alpha value is -2.67. The largest absolute Gasteiger partial charge is 0.396 e.